The van der Waals surface area contributed by atoms with Crippen LogP contribution in [0, 0.1) is 13.8 Å². The predicted molar refractivity (Wildman–Crippen MR) is 123 cm³/mol. The van der Waals surface area contributed by atoms with Crippen LogP contribution >= 0.6 is 11.3 Å². The highest BCUT2D eigenvalue weighted by atomic mass is 32.1. The van der Waals surface area contributed by atoms with Crippen molar-refractivity contribution in [1.29, 1.82) is 0 Å². The molecule has 7 nitrogen and oxygen atoms in total. The molecule has 0 fully saturated rings. The third-order valence-corrected chi connectivity index (χ3v) is 6.00. The van der Waals surface area contributed by atoms with Gasteiger partial charge in [-0.1, -0.05) is 30.3 Å². The Kier molecular flexibility index (Phi) is 7.25. The average Bonchev–Trinajstić information content (AvgIpc) is 3.24. The van der Waals surface area contributed by atoms with Crippen LogP contribution in [0.1, 0.15) is 34.2 Å². The second-order valence-electron chi connectivity index (χ2n) is 7.43. The van der Waals surface area contributed by atoms with Crippen molar-refractivity contribution in [3.05, 3.63) is 58.2 Å². The molecule has 8 heteroatoms. The summed E-state index contributed by atoms with van der Waals surface area (Å²) in [5.74, 6) is -0.624. The molecule has 0 bridgehead atoms. The number of ether oxygens (including phenoxy) is 1. The number of esters is 1. The number of aryl methyl sites for hydroxylation is 2. The Balaban J connectivity index is 1.76. The van der Waals surface area contributed by atoms with Gasteiger partial charge in [0.2, 0.25) is 5.91 Å². The van der Waals surface area contributed by atoms with Crippen LogP contribution in [0.3, 0.4) is 0 Å². The van der Waals surface area contributed by atoms with Gasteiger partial charge in [-0.15, -0.1) is 11.3 Å². The molecular weight excluding hydrogens is 412 g/mol. The number of thiophene rings is 1. The summed E-state index contributed by atoms with van der Waals surface area (Å²) in [6.45, 7) is 6.83. The van der Waals surface area contributed by atoms with Gasteiger partial charge in [0.1, 0.15) is 10.6 Å². The van der Waals surface area contributed by atoms with Crippen LogP contribution in [-0.2, 0) is 23.1 Å². The molecule has 1 amide bonds. The number of anilines is 1. The molecule has 0 radical (unpaired) electrons. The Bertz CT molecular complexity index is 1070. The summed E-state index contributed by atoms with van der Waals surface area (Å²) in [5, 5.41) is 9.72. The minimum atomic E-state index is -0.437. The molecule has 0 aliphatic carbocycles. The van der Waals surface area contributed by atoms with E-state index >= 15 is 0 Å². The minimum absolute atomic E-state index is 0.186. The van der Waals surface area contributed by atoms with Gasteiger partial charge < -0.3 is 10.1 Å². The fourth-order valence-corrected chi connectivity index (χ4v) is 4.44. The number of benzene rings is 1. The molecule has 1 aromatic carbocycles. The Labute approximate surface area is 186 Å². The first kappa shape index (κ1) is 22.7. The van der Waals surface area contributed by atoms with Crippen molar-refractivity contribution >= 4 is 28.2 Å². The third-order valence-electron chi connectivity index (χ3n) is 5.11. The van der Waals surface area contributed by atoms with Gasteiger partial charge in [0.15, 0.2) is 0 Å². The summed E-state index contributed by atoms with van der Waals surface area (Å²) in [7, 11) is 3.80. The van der Waals surface area contributed by atoms with Crippen LogP contribution in [0.25, 0.3) is 11.1 Å². The SMILES string of the molecule is CCOC(=O)c1c(-c2ccccc2)csc1NC(=O)CN(C)Cc1c(C)nn(C)c1C. The smallest absolute Gasteiger partial charge is 0.341 e. The second-order valence-corrected chi connectivity index (χ2v) is 8.31. The highest BCUT2D eigenvalue weighted by Gasteiger charge is 2.23. The summed E-state index contributed by atoms with van der Waals surface area (Å²) in [5.41, 5.74) is 5.22. The zero-order valence-electron chi connectivity index (χ0n) is 18.6. The molecule has 0 unspecified atom stereocenters. The molecule has 2 heterocycles. The first-order valence-electron chi connectivity index (χ1n) is 10.1. The van der Waals surface area contributed by atoms with Crippen LogP contribution < -0.4 is 5.32 Å². The number of rotatable bonds is 8. The van der Waals surface area contributed by atoms with Crippen molar-refractivity contribution in [2.75, 3.05) is 25.5 Å². The number of nitrogens with one attached hydrogen (secondary N) is 1. The molecule has 0 spiro atoms. The number of nitrogens with zero attached hydrogens (tertiary/aromatic N) is 3. The highest BCUT2D eigenvalue weighted by Crippen LogP contribution is 2.36. The Hall–Kier alpha value is -2.97. The van der Waals surface area contributed by atoms with Crippen molar-refractivity contribution in [3.63, 3.8) is 0 Å². The van der Waals surface area contributed by atoms with Gasteiger partial charge in [-0.25, -0.2) is 4.79 Å². The maximum atomic E-state index is 12.7. The number of amides is 1. The molecule has 0 aliphatic heterocycles. The monoisotopic (exact) mass is 440 g/mol. The molecule has 31 heavy (non-hydrogen) atoms. The second kappa shape index (κ2) is 9.89. The number of carbonyl (C=O) groups excluding carboxylic acids is 2. The normalized spacial score (nSPS) is 11.0. The van der Waals surface area contributed by atoms with Gasteiger partial charge in [-0.05, 0) is 33.4 Å². The molecule has 3 aromatic rings. The maximum Gasteiger partial charge on any atom is 0.341 e. The number of hydrogen-bond donors (Lipinski definition) is 1. The van der Waals surface area contributed by atoms with Crippen LogP contribution in [0.15, 0.2) is 35.7 Å². The highest BCUT2D eigenvalue weighted by molar-refractivity contribution is 7.15. The summed E-state index contributed by atoms with van der Waals surface area (Å²) in [6.07, 6.45) is 0. The van der Waals surface area contributed by atoms with E-state index in [0.717, 1.165) is 28.1 Å². The van der Waals surface area contributed by atoms with Crippen LogP contribution in [-0.4, -0.2) is 46.8 Å². The molecule has 0 saturated heterocycles. The number of aromatic nitrogens is 2. The zero-order chi connectivity index (χ0) is 22.5. The lowest BCUT2D eigenvalue weighted by Gasteiger charge is -2.17. The Morgan fingerprint density at radius 3 is 2.55 bits per heavy atom. The van der Waals surface area contributed by atoms with Crippen LogP contribution in [0.2, 0.25) is 0 Å². The summed E-state index contributed by atoms with van der Waals surface area (Å²) < 4.78 is 7.10. The van der Waals surface area contributed by atoms with Crippen molar-refractivity contribution < 1.29 is 14.3 Å². The summed E-state index contributed by atoms with van der Waals surface area (Å²) in [6, 6.07) is 9.62. The van der Waals surface area contributed by atoms with Crippen molar-refractivity contribution in [1.82, 2.24) is 14.7 Å². The number of likely N-dealkylation sites (N-methyl/N-ethyl adjacent to an activating group) is 1. The van der Waals surface area contributed by atoms with Gasteiger partial charge >= 0.3 is 5.97 Å². The molecule has 164 valence electrons. The fourth-order valence-electron chi connectivity index (χ4n) is 3.47. The largest absolute Gasteiger partial charge is 0.462 e. The molecule has 3 rings (SSSR count). The molecule has 0 saturated carbocycles. The Morgan fingerprint density at radius 2 is 1.94 bits per heavy atom. The van der Waals surface area contributed by atoms with Crippen LogP contribution in [0.5, 0.6) is 0 Å². The van der Waals surface area contributed by atoms with E-state index < -0.39 is 5.97 Å². The van der Waals surface area contributed by atoms with Crippen molar-refractivity contribution in [3.8, 4) is 11.1 Å². The van der Waals surface area contributed by atoms with E-state index in [9.17, 15) is 9.59 Å². The van der Waals surface area contributed by atoms with Gasteiger partial charge in [-0.3, -0.25) is 14.4 Å². The lowest BCUT2D eigenvalue weighted by atomic mass is 10.0. The summed E-state index contributed by atoms with van der Waals surface area (Å²) >= 11 is 1.33. The molecule has 0 atom stereocenters. The van der Waals surface area contributed by atoms with E-state index in [2.05, 4.69) is 10.4 Å². The van der Waals surface area contributed by atoms with Crippen molar-refractivity contribution in [2.24, 2.45) is 7.05 Å². The lowest BCUT2D eigenvalue weighted by molar-refractivity contribution is -0.117. The van der Waals surface area contributed by atoms with Gasteiger partial charge in [0, 0.05) is 35.8 Å². The first-order chi connectivity index (χ1) is 14.8. The quantitative estimate of drug-likeness (QED) is 0.536. The van der Waals surface area contributed by atoms with E-state index in [0.29, 0.717) is 17.1 Å². The Morgan fingerprint density at radius 1 is 1.23 bits per heavy atom. The molecular formula is C23H28N4O3S. The van der Waals surface area contributed by atoms with Crippen molar-refractivity contribution in [2.45, 2.75) is 27.3 Å². The first-order valence-corrected chi connectivity index (χ1v) is 11.0. The van der Waals surface area contributed by atoms with E-state index in [4.69, 9.17) is 4.74 Å². The van der Waals surface area contributed by atoms with Gasteiger partial charge in [0.25, 0.3) is 0 Å². The summed E-state index contributed by atoms with van der Waals surface area (Å²) in [4.78, 5) is 27.3. The van der Waals surface area contributed by atoms with E-state index in [-0.39, 0.29) is 19.1 Å². The zero-order valence-corrected chi connectivity index (χ0v) is 19.4. The average molecular weight is 441 g/mol. The maximum absolute atomic E-state index is 12.7. The molecule has 2 aromatic heterocycles. The topological polar surface area (TPSA) is 76.5 Å². The van der Waals surface area contributed by atoms with E-state index in [1.165, 1.54) is 11.3 Å². The third kappa shape index (κ3) is 5.21. The van der Waals surface area contributed by atoms with Gasteiger partial charge in [-0.2, -0.15) is 5.10 Å². The number of hydrogen-bond acceptors (Lipinski definition) is 6. The minimum Gasteiger partial charge on any atom is -0.462 e. The van der Waals surface area contributed by atoms with Crippen LogP contribution in [0.4, 0.5) is 5.00 Å². The fraction of sp³-hybridized carbons (Fsp3) is 0.348. The van der Waals surface area contributed by atoms with E-state index in [1.807, 2.05) is 73.2 Å². The molecule has 0 aliphatic rings. The molecule has 1 N–H and O–H groups in total. The predicted octanol–water partition coefficient (Wildman–Crippen LogP) is 4.01. The van der Waals surface area contributed by atoms with Gasteiger partial charge in [0.05, 0.1) is 18.8 Å². The number of carbonyl (C=O) groups is 2. The standard InChI is InChI=1S/C23H28N4O3S/c1-6-30-23(29)21-19(17-10-8-7-9-11-17)14-31-22(21)24-20(28)13-26(4)12-18-15(2)25-27(5)16(18)3/h7-11,14H,6,12-13H2,1-5H3,(H,24,28). The lowest BCUT2D eigenvalue weighted by Crippen LogP contribution is -2.30. The van der Waals surface area contributed by atoms with E-state index in [1.54, 1.807) is 6.92 Å².